The number of hydrogen-bond donors (Lipinski definition) is 2. The molecule has 0 bridgehead atoms. The first-order valence-electron chi connectivity index (χ1n) is 7.18. The maximum atomic E-state index is 12.2. The first-order valence-corrected chi connectivity index (χ1v) is 7.18. The quantitative estimate of drug-likeness (QED) is 0.909. The number of anilines is 2. The summed E-state index contributed by atoms with van der Waals surface area (Å²) in [5.41, 5.74) is 2.84. The topological polar surface area (TPSA) is 84.2 Å². The van der Waals surface area contributed by atoms with Crippen molar-refractivity contribution in [3.8, 4) is 0 Å². The lowest BCUT2D eigenvalue weighted by Gasteiger charge is -2.09. The molecule has 0 spiro atoms. The predicted octanol–water partition coefficient (Wildman–Crippen LogP) is 2.89. The van der Waals surface area contributed by atoms with Crippen molar-refractivity contribution in [2.45, 2.75) is 26.7 Å². The van der Waals surface area contributed by atoms with E-state index < -0.39 is 0 Å². The second-order valence-electron chi connectivity index (χ2n) is 5.52. The largest absolute Gasteiger partial charge is 0.431 e. The number of oxazole rings is 1. The second-order valence-corrected chi connectivity index (χ2v) is 5.52. The average molecular weight is 299 g/mol. The summed E-state index contributed by atoms with van der Waals surface area (Å²) in [6.07, 6.45) is 3.03. The molecule has 1 aliphatic rings. The van der Waals surface area contributed by atoms with Crippen LogP contribution in [0.1, 0.15) is 34.5 Å². The van der Waals surface area contributed by atoms with Gasteiger partial charge in [0.1, 0.15) is 6.26 Å². The Kier molecular flexibility index (Phi) is 3.66. The summed E-state index contributed by atoms with van der Waals surface area (Å²) < 4.78 is 5.13. The van der Waals surface area contributed by atoms with Crippen LogP contribution in [0.3, 0.4) is 0 Å². The van der Waals surface area contributed by atoms with Gasteiger partial charge in [-0.2, -0.15) is 4.98 Å². The average Bonchev–Trinajstić information content (AvgIpc) is 3.23. The van der Waals surface area contributed by atoms with Gasteiger partial charge in [-0.05, 0) is 37.8 Å². The van der Waals surface area contributed by atoms with E-state index in [0.29, 0.717) is 0 Å². The highest BCUT2D eigenvalue weighted by Gasteiger charge is 2.30. The Hall–Kier alpha value is -2.63. The molecule has 2 aromatic rings. The van der Waals surface area contributed by atoms with Gasteiger partial charge in [0, 0.05) is 11.6 Å². The molecule has 0 saturated heterocycles. The summed E-state index contributed by atoms with van der Waals surface area (Å²) in [4.78, 5) is 27.8. The van der Waals surface area contributed by atoms with Crippen LogP contribution < -0.4 is 10.6 Å². The van der Waals surface area contributed by atoms with Crippen LogP contribution in [0.4, 0.5) is 11.7 Å². The molecular weight excluding hydrogens is 282 g/mol. The minimum Gasteiger partial charge on any atom is -0.431 e. The highest BCUT2D eigenvalue weighted by molar-refractivity contribution is 6.04. The predicted molar refractivity (Wildman–Crippen MR) is 81.7 cm³/mol. The Morgan fingerprint density at radius 2 is 1.86 bits per heavy atom. The number of aromatic nitrogens is 1. The molecule has 6 nitrogen and oxygen atoms in total. The van der Waals surface area contributed by atoms with Crippen molar-refractivity contribution in [1.82, 2.24) is 4.98 Å². The molecule has 3 rings (SSSR count). The lowest BCUT2D eigenvalue weighted by molar-refractivity contribution is -0.117. The number of carbonyl (C=O) groups is 2. The van der Waals surface area contributed by atoms with Crippen molar-refractivity contribution < 1.29 is 14.0 Å². The van der Waals surface area contributed by atoms with Crippen molar-refractivity contribution in [2.24, 2.45) is 5.92 Å². The summed E-state index contributed by atoms with van der Waals surface area (Å²) in [5, 5.41) is 5.39. The fourth-order valence-corrected chi connectivity index (χ4v) is 2.18. The third-order valence-corrected chi connectivity index (χ3v) is 3.63. The van der Waals surface area contributed by atoms with Crippen LogP contribution in [-0.4, -0.2) is 16.8 Å². The Morgan fingerprint density at radius 3 is 2.50 bits per heavy atom. The molecule has 1 fully saturated rings. The lowest BCUT2D eigenvalue weighted by Crippen LogP contribution is -2.16. The molecule has 22 heavy (non-hydrogen) atoms. The zero-order valence-corrected chi connectivity index (χ0v) is 12.5. The molecule has 1 aromatic carbocycles. The zero-order valence-electron chi connectivity index (χ0n) is 12.5. The molecule has 6 heteroatoms. The van der Waals surface area contributed by atoms with E-state index in [9.17, 15) is 9.59 Å². The molecule has 1 heterocycles. The van der Waals surface area contributed by atoms with Crippen LogP contribution in [0.25, 0.3) is 0 Å². The summed E-state index contributed by atoms with van der Waals surface area (Å²) in [6, 6.07) is 5.84. The molecule has 1 aliphatic carbocycles. The van der Waals surface area contributed by atoms with E-state index >= 15 is 0 Å². The van der Waals surface area contributed by atoms with E-state index in [1.165, 1.54) is 6.26 Å². The number of hydrogen-bond acceptors (Lipinski definition) is 4. The second kappa shape index (κ2) is 5.63. The summed E-state index contributed by atoms with van der Waals surface area (Å²) in [5.74, 6) is -0.421. The minimum atomic E-state index is -0.368. The monoisotopic (exact) mass is 299 g/mol. The van der Waals surface area contributed by atoms with Gasteiger partial charge in [-0.25, -0.2) is 0 Å². The fourth-order valence-electron chi connectivity index (χ4n) is 2.18. The van der Waals surface area contributed by atoms with Crippen molar-refractivity contribution in [1.29, 1.82) is 0 Å². The number of nitrogens with zero attached hydrogens (tertiary/aromatic N) is 1. The number of rotatable bonds is 4. The number of nitrogens with one attached hydrogen (secondary N) is 2. The van der Waals surface area contributed by atoms with Gasteiger partial charge in [0.25, 0.3) is 5.91 Å². The standard InChI is InChI=1S/C16H17N3O3/c1-9-4-3-5-10(2)13(9)18-15(21)12-8-22-16(17-12)19-14(20)11-6-7-11/h3-5,8,11H,6-7H2,1-2H3,(H,18,21)(H,17,19,20). The van der Waals surface area contributed by atoms with Gasteiger partial charge >= 0.3 is 6.01 Å². The van der Waals surface area contributed by atoms with E-state index in [0.717, 1.165) is 29.7 Å². The fraction of sp³-hybridized carbons (Fsp3) is 0.312. The van der Waals surface area contributed by atoms with E-state index in [2.05, 4.69) is 15.6 Å². The summed E-state index contributed by atoms with van der Waals surface area (Å²) in [7, 11) is 0. The third kappa shape index (κ3) is 3.00. The number of para-hydroxylation sites is 1. The van der Waals surface area contributed by atoms with Gasteiger partial charge in [0.15, 0.2) is 5.69 Å². The van der Waals surface area contributed by atoms with Crippen LogP contribution in [0.15, 0.2) is 28.9 Å². The Bertz CT molecular complexity index is 712. The molecule has 1 saturated carbocycles. The number of carbonyl (C=O) groups excluding carboxylic acids is 2. The van der Waals surface area contributed by atoms with Crippen LogP contribution >= 0.6 is 0 Å². The van der Waals surface area contributed by atoms with E-state index in [4.69, 9.17) is 4.42 Å². The van der Waals surface area contributed by atoms with Crippen molar-refractivity contribution in [3.63, 3.8) is 0 Å². The molecule has 0 aliphatic heterocycles. The van der Waals surface area contributed by atoms with Crippen LogP contribution in [0.5, 0.6) is 0 Å². The van der Waals surface area contributed by atoms with Crippen LogP contribution in [0, 0.1) is 19.8 Å². The first kappa shape index (κ1) is 14.3. The number of benzene rings is 1. The van der Waals surface area contributed by atoms with Gasteiger partial charge < -0.3 is 9.73 Å². The molecule has 0 radical (unpaired) electrons. The van der Waals surface area contributed by atoms with Crippen LogP contribution in [-0.2, 0) is 4.79 Å². The maximum absolute atomic E-state index is 12.2. The van der Waals surface area contributed by atoms with Crippen molar-refractivity contribution in [3.05, 3.63) is 41.3 Å². The maximum Gasteiger partial charge on any atom is 0.302 e. The third-order valence-electron chi connectivity index (χ3n) is 3.63. The Labute approximate surface area is 127 Å². The Balaban J connectivity index is 1.70. The summed E-state index contributed by atoms with van der Waals surface area (Å²) >= 11 is 0. The molecule has 0 atom stereocenters. The summed E-state index contributed by atoms with van der Waals surface area (Å²) in [6.45, 7) is 3.85. The highest BCUT2D eigenvalue weighted by atomic mass is 16.4. The van der Waals surface area contributed by atoms with Crippen LogP contribution in [0.2, 0.25) is 0 Å². The smallest absolute Gasteiger partial charge is 0.302 e. The first-order chi connectivity index (χ1) is 10.5. The molecule has 2 N–H and O–H groups in total. The van der Waals surface area contributed by atoms with Gasteiger partial charge in [-0.1, -0.05) is 18.2 Å². The van der Waals surface area contributed by atoms with Gasteiger partial charge in [-0.3, -0.25) is 14.9 Å². The van der Waals surface area contributed by atoms with Gasteiger partial charge in [-0.15, -0.1) is 0 Å². The normalized spacial score (nSPS) is 13.7. The van der Waals surface area contributed by atoms with E-state index in [-0.39, 0.29) is 29.4 Å². The molecule has 114 valence electrons. The lowest BCUT2D eigenvalue weighted by atomic mass is 10.1. The van der Waals surface area contributed by atoms with Gasteiger partial charge in [0.05, 0.1) is 0 Å². The number of aryl methyl sites for hydroxylation is 2. The van der Waals surface area contributed by atoms with E-state index in [1.807, 2.05) is 32.0 Å². The van der Waals surface area contributed by atoms with Crippen molar-refractivity contribution in [2.75, 3.05) is 10.6 Å². The van der Waals surface area contributed by atoms with E-state index in [1.54, 1.807) is 0 Å². The molecular formula is C16H17N3O3. The minimum absolute atomic E-state index is 0.0544. The Morgan fingerprint density at radius 1 is 1.18 bits per heavy atom. The molecule has 0 unspecified atom stereocenters. The zero-order chi connectivity index (χ0) is 15.7. The number of amides is 2. The highest BCUT2D eigenvalue weighted by Crippen LogP contribution is 2.30. The van der Waals surface area contributed by atoms with Crippen molar-refractivity contribution >= 4 is 23.5 Å². The SMILES string of the molecule is Cc1cccc(C)c1NC(=O)c1coc(NC(=O)C2CC2)n1. The molecule has 2 amide bonds. The van der Waals surface area contributed by atoms with Gasteiger partial charge in [0.2, 0.25) is 5.91 Å². The molecule has 1 aromatic heterocycles.